The van der Waals surface area contributed by atoms with Gasteiger partial charge in [0.25, 0.3) is 0 Å². The molecule has 2 aromatic rings. The summed E-state index contributed by atoms with van der Waals surface area (Å²) in [5.41, 5.74) is 1.78. The van der Waals surface area contributed by atoms with Crippen LogP contribution in [-0.2, 0) is 6.54 Å². The van der Waals surface area contributed by atoms with Crippen LogP contribution in [0.5, 0.6) is 5.75 Å². The summed E-state index contributed by atoms with van der Waals surface area (Å²) >= 11 is 0. The van der Waals surface area contributed by atoms with Crippen LogP contribution >= 0.6 is 0 Å². The van der Waals surface area contributed by atoms with Crippen molar-refractivity contribution in [2.24, 2.45) is 0 Å². The van der Waals surface area contributed by atoms with Crippen LogP contribution in [0, 0.1) is 0 Å². The number of Topliss-reactive ketones (excluding diaryl/α,β-unsaturated/α-hetero) is 1. The predicted octanol–water partition coefficient (Wildman–Crippen LogP) is 2.34. The summed E-state index contributed by atoms with van der Waals surface area (Å²) in [6.07, 6.45) is 1.76. The fraction of sp³-hybridized carbons (Fsp3) is 0.267. The van der Waals surface area contributed by atoms with Gasteiger partial charge < -0.3 is 9.72 Å². The Kier molecular flexibility index (Phi) is 4.36. The van der Waals surface area contributed by atoms with Crippen molar-refractivity contribution in [1.29, 1.82) is 0 Å². The summed E-state index contributed by atoms with van der Waals surface area (Å²) in [7, 11) is 3.58. The number of aromatic amines is 1. The second-order valence-corrected chi connectivity index (χ2v) is 4.53. The molecule has 2 rings (SSSR count). The lowest BCUT2D eigenvalue weighted by atomic mass is 10.2. The van der Waals surface area contributed by atoms with Crippen LogP contribution in [0.25, 0.3) is 0 Å². The van der Waals surface area contributed by atoms with Crippen molar-refractivity contribution in [2.75, 3.05) is 20.7 Å². The molecular weight excluding hydrogens is 240 g/mol. The number of rotatable bonds is 6. The van der Waals surface area contributed by atoms with Crippen molar-refractivity contribution < 1.29 is 9.53 Å². The molecule has 0 spiro atoms. The zero-order valence-electron chi connectivity index (χ0n) is 11.2. The van der Waals surface area contributed by atoms with Gasteiger partial charge >= 0.3 is 0 Å². The van der Waals surface area contributed by atoms with Crippen molar-refractivity contribution >= 4 is 5.78 Å². The fourth-order valence-corrected chi connectivity index (χ4v) is 1.97. The Bertz CT molecular complexity index is 535. The first-order chi connectivity index (χ1) is 9.19. The van der Waals surface area contributed by atoms with Crippen LogP contribution in [-0.4, -0.2) is 36.4 Å². The highest BCUT2D eigenvalue weighted by molar-refractivity contribution is 5.95. The Hall–Kier alpha value is -2.07. The highest BCUT2D eigenvalue weighted by atomic mass is 16.5. The first-order valence-corrected chi connectivity index (χ1v) is 6.17. The van der Waals surface area contributed by atoms with Gasteiger partial charge in [0.05, 0.1) is 19.3 Å². The number of likely N-dealkylation sites (N-methyl/N-ethyl adjacent to an activating group) is 1. The Morgan fingerprint density at radius 1 is 1.32 bits per heavy atom. The van der Waals surface area contributed by atoms with Crippen LogP contribution in [0.3, 0.4) is 0 Å². The molecule has 0 amide bonds. The van der Waals surface area contributed by atoms with Crippen LogP contribution in [0.1, 0.15) is 16.1 Å². The van der Waals surface area contributed by atoms with Crippen LogP contribution in [0.4, 0.5) is 0 Å². The van der Waals surface area contributed by atoms with Gasteiger partial charge in [-0.3, -0.25) is 9.69 Å². The second kappa shape index (κ2) is 6.20. The van der Waals surface area contributed by atoms with E-state index in [2.05, 4.69) is 4.98 Å². The third kappa shape index (κ3) is 3.69. The molecule has 0 aliphatic rings. The number of aromatic nitrogens is 1. The molecule has 0 fully saturated rings. The molecule has 0 unspecified atom stereocenters. The number of ether oxygens (including phenoxy) is 1. The van der Waals surface area contributed by atoms with Crippen LogP contribution in [0.2, 0.25) is 0 Å². The number of hydrogen-bond acceptors (Lipinski definition) is 3. The first kappa shape index (κ1) is 13.4. The average Bonchev–Trinajstić information content (AvgIpc) is 2.92. The lowest BCUT2D eigenvalue weighted by Gasteiger charge is -2.15. The number of nitrogens with zero attached hydrogens (tertiary/aromatic N) is 1. The predicted molar refractivity (Wildman–Crippen MR) is 74.5 cm³/mol. The van der Waals surface area contributed by atoms with Gasteiger partial charge in [0.1, 0.15) is 5.75 Å². The molecule has 1 heterocycles. The highest BCUT2D eigenvalue weighted by Gasteiger charge is 2.10. The van der Waals surface area contributed by atoms with E-state index in [1.54, 1.807) is 19.4 Å². The number of ketones is 1. The minimum Gasteiger partial charge on any atom is -0.497 e. The minimum atomic E-state index is 0.0930. The molecule has 4 heteroatoms. The molecule has 1 aromatic heterocycles. The molecule has 0 saturated heterocycles. The smallest absolute Gasteiger partial charge is 0.192 e. The van der Waals surface area contributed by atoms with E-state index >= 15 is 0 Å². The molecule has 19 heavy (non-hydrogen) atoms. The molecule has 100 valence electrons. The summed E-state index contributed by atoms with van der Waals surface area (Å²) in [6, 6.07) is 11.5. The van der Waals surface area contributed by atoms with E-state index in [9.17, 15) is 4.79 Å². The largest absolute Gasteiger partial charge is 0.497 e. The maximum absolute atomic E-state index is 11.9. The van der Waals surface area contributed by atoms with Gasteiger partial charge in [0.15, 0.2) is 5.78 Å². The molecule has 0 aliphatic carbocycles. The van der Waals surface area contributed by atoms with Gasteiger partial charge in [-0.1, -0.05) is 12.1 Å². The van der Waals surface area contributed by atoms with Crippen molar-refractivity contribution in [3.8, 4) is 5.75 Å². The molecular formula is C15H18N2O2. The van der Waals surface area contributed by atoms with Crippen LogP contribution in [0.15, 0.2) is 42.6 Å². The Morgan fingerprint density at radius 3 is 2.84 bits per heavy atom. The van der Waals surface area contributed by atoms with Crippen molar-refractivity contribution in [3.05, 3.63) is 53.9 Å². The number of carbonyl (C=O) groups is 1. The van der Waals surface area contributed by atoms with Crippen LogP contribution < -0.4 is 4.74 Å². The SMILES string of the molecule is COc1cccc(CN(C)CC(=O)c2ccc[nH]2)c1. The second-order valence-electron chi connectivity index (χ2n) is 4.53. The molecule has 1 aromatic carbocycles. The lowest BCUT2D eigenvalue weighted by Crippen LogP contribution is -2.25. The normalized spacial score (nSPS) is 10.7. The molecule has 1 N–H and O–H groups in total. The maximum atomic E-state index is 11.9. The lowest BCUT2D eigenvalue weighted by molar-refractivity contribution is 0.0938. The van der Waals surface area contributed by atoms with Crippen molar-refractivity contribution in [1.82, 2.24) is 9.88 Å². The standard InChI is InChI=1S/C15H18N2O2/c1-17(11-15(18)14-7-4-8-16-14)10-12-5-3-6-13(9-12)19-2/h3-9,16H,10-11H2,1-2H3. The first-order valence-electron chi connectivity index (χ1n) is 6.17. The zero-order valence-corrected chi connectivity index (χ0v) is 11.2. The van der Waals surface area contributed by atoms with E-state index in [0.29, 0.717) is 18.8 Å². The Labute approximate surface area is 113 Å². The third-order valence-electron chi connectivity index (χ3n) is 2.90. The number of H-pyrrole nitrogens is 1. The minimum absolute atomic E-state index is 0.0930. The number of methoxy groups -OCH3 is 1. The summed E-state index contributed by atoms with van der Waals surface area (Å²) in [6.45, 7) is 1.10. The molecule has 0 aliphatic heterocycles. The van der Waals surface area contributed by atoms with E-state index in [1.165, 1.54) is 0 Å². The van der Waals surface area contributed by atoms with Crippen molar-refractivity contribution in [2.45, 2.75) is 6.54 Å². The maximum Gasteiger partial charge on any atom is 0.192 e. The monoisotopic (exact) mass is 258 g/mol. The summed E-state index contributed by atoms with van der Waals surface area (Å²) < 4.78 is 5.19. The van der Waals surface area contributed by atoms with E-state index in [0.717, 1.165) is 11.3 Å². The Balaban J connectivity index is 1.93. The molecule has 0 radical (unpaired) electrons. The molecule has 4 nitrogen and oxygen atoms in total. The number of nitrogens with one attached hydrogen (secondary N) is 1. The van der Waals surface area contributed by atoms with Gasteiger partial charge in [-0.25, -0.2) is 0 Å². The summed E-state index contributed by atoms with van der Waals surface area (Å²) in [4.78, 5) is 16.8. The molecule has 0 bridgehead atoms. The van der Waals surface area contributed by atoms with Gasteiger partial charge in [0.2, 0.25) is 0 Å². The highest BCUT2D eigenvalue weighted by Crippen LogP contribution is 2.14. The molecule has 0 atom stereocenters. The quantitative estimate of drug-likeness (QED) is 0.809. The van der Waals surface area contributed by atoms with Gasteiger partial charge in [-0.15, -0.1) is 0 Å². The van der Waals surface area contributed by atoms with Gasteiger partial charge in [-0.05, 0) is 36.9 Å². The van der Waals surface area contributed by atoms with E-state index < -0.39 is 0 Å². The topological polar surface area (TPSA) is 45.3 Å². The zero-order chi connectivity index (χ0) is 13.7. The van der Waals surface area contributed by atoms with E-state index in [-0.39, 0.29) is 5.78 Å². The molecule has 0 saturated carbocycles. The average molecular weight is 258 g/mol. The number of hydrogen-bond donors (Lipinski definition) is 1. The van der Waals surface area contributed by atoms with E-state index in [4.69, 9.17) is 4.74 Å². The number of carbonyl (C=O) groups excluding carboxylic acids is 1. The summed E-state index contributed by atoms with van der Waals surface area (Å²) in [5.74, 6) is 0.928. The van der Waals surface area contributed by atoms with Crippen molar-refractivity contribution in [3.63, 3.8) is 0 Å². The third-order valence-corrected chi connectivity index (χ3v) is 2.90. The number of benzene rings is 1. The van der Waals surface area contributed by atoms with Gasteiger partial charge in [0, 0.05) is 12.7 Å². The van der Waals surface area contributed by atoms with E-state index in [1.807, 2.05) is 42.3 Å². The fourth-order valence-electron chi connectivity index (χ4n) is 1.97. The van der Waals surface area contributed by atoms with Gasteiger partial charge in [-0.2, -0.15) is 0 Å². The summed E-state index contributed by atoms with van der Waals surface area (Å²) in [5, 5.41) is 0. The Morgan fingerprint density at radius 2 is 2.16 bits per heavy atom.